The van der Waals surface area contributed by atoms with Crippen LogP contribution < -0.4 is 19.3 Å². The second-order valence-corrected chi connectivity index (χ2v) is 9.03. The summed E-state index contributed by atoms with van der Waals surface area (Å²) in [4.78, 5) is 53.9. The smallest absolute Gasteiger partial charge is 0.316 e. The molecule has 5 rings (SSSR count). The summed E-state index contributed by atoms with van der Waals surface area (Å²) in [6.45, 7) is 0.218. The van der Waals surface area contributed by atoms with E-state index in [0.717, 1.165) is 25.7 Å². The number of rotatable bonds is 5. The van der Waals surface area contributed by atoms with Gasteiger partial charge in [-0.25, -0.2) is 4.90 Å². The molecule has 8 nitrogen and oxygen atoms in total. The van der Waals surface area contributed by atoms with Crippen molar-refractivity contribution >= 4 is 35.1 Å². The summed E-state index contributed by atoms with van der Waals surface area (Å²) in [5.41, 5.74) is 1.10. The molecule has 0 N–H and O–H groups in total. The van der Waals surface area contributed by atoms with Crippen molar-refractivity contribution in [3.63, 3.8) is 0 Å². The minimum Gasteiger partial charge on any atom is -0.497 e. The van der Waals surface area contributed by atoms with Gasteiger partial charge in [-0.2, -0.15) is 0 Å². The molecule has 0 radical (unpaired) electrons. The predicted octanol–water partition coefficient (Wildman–Crippen LogP) is 3.33. The van der Waals surface area contributed by atoms with E-state index in [-0.39, 0.29) is 48.3 Å². The first kappa shape index (κ1) is 22.1. The number of esters is 1. The summed E-state index contributed by atoms with van der Waals surface area (Å²) >= 11 is 0. The molecule has 2 aromatic carbocycles. The van der Waals surface area contributed by atoms with E-state index in [9.17, 15) is 19.2 Å². The van der Waals surface area contributed by atoms with Crippen LogP contribution in [0.5, 0.6) is 11.5 Å². The van der Waals surface area contributed by atoms with Gasteiger partial charge in [0.15, 0.2) is 0 Å². The molecule has 2 heterocycles. The van der Waals surface area contributed by atoms with Crippen molar-refractivity contribution in [3.8, 4) is 11.5 Å². The second kappa shape index (κ2) is 8.93. The standard InChI is InChI=1S/C26H26N2O6/c1-33-19-11-9-17(10-12-19)27-15-16(13-23(27)29)26(32)34-20-6-4-5-18(14-20)28-24(30)21-7-2-3-8-22(21)25(28)31/h4-6,9-12,14,16,21-22H,2-3,7-8,13,15H2,1H3/t16-,21-,22-/m1/s1. The fraction of sp³-hybridized carbons (Fsp3) is 0.385. The molecule has 3 aliphatic rings. The zero-order valence-electron chi connectivity index (χ0n) is 18.9. The van der Waals surface area contributed by atoms with E-state index in [4.69, 9.17) is 9.47 Å². The topological polar surface area (TPSA) is 93.2 Å². The zero-order valence-corrected chi connectivity index (χ0v) is 18.9. The summed E-state index contributed by atoms with van der Waals surface area (Å²) in [7, 11) is 1.57. The van der Waals surface area contributed by atoms with Gasteiger partial charge < -0.3 is 14.4 Å². The highest BCUT2D eigenvalue weighted by Crippen LogP contribution is 2.40. The monoisotopic (exact) mass is 462 g/mol. The molecule has 3 amide bonds. The first-order valence-electron chi connectivity index (χ1n) is 11.6. The van der Waals surface area contributed by atoms with E-state index in [1.165, 1.54) is 4.90 Å². The van der Waals surface area contributed by atoms with Crippen LogP contribution in [0.25, 0.3) is 0 Å². The Morgan fingerprint density at radius 1 is 0.882 bits per heavy atom. The van der Waals surface area contributed by atoms with Gasteiger partial charge >= 0.3 is 5.97 Å². The molecule has 0 spiro atoms. The van der Waals surface area contributed by atoms with Crippen LogP contribution in [0, 0.1) is 17.8 Å². The molecule has 34 heavy (non-hydrogen) atoms. The number of amides is 3. The molecule has 1 aliphatic carbocycles. The lowest BCUT2D eigenvalue weighted by Gasteiger charge is -2.19. The Bertz CT molecular complexity index is 1120. The third-order valence-electron chi connectivity index (χ3n) is 6.98. The minimum absolute atomic E-state index is 0.0526. The van der Waals surface area contributed by atoms with Gasteiger partial charge in [0.05, 0.1) is 30.6 Å². The summed E-state index contributed by atoms with van der Waals surface area (Å²) in [5, 5.41) is 0. The van der Waals surface area contributed by atoms with Crippen LogP contribution in [0.1, 0.15) is 32.1 Å². The third-order valence-corrected chi connectivity index (χ3v) is 6.98. The molecule has 0 aromatic heterocycles. The number of carbonyl (C=O) groups is 4. The maximum Gasteiger partial charge on any atom is 0.316 e. The number of anilines is 2. The van der Waals surface area contributed by atoms with Crippen LogP contribution in [-0.4, -0.2) is 37.3 Å². The number of ether oxygens (including phenoxy) is 2. The van der Waals surface area contributed by atoms with E-state index >= 15 is 0 Å². The van der Waals surface area contributed by atoms with Gasteiger partial charge in [0.2, 0.25) is 17.7 Å². The number of imide groups is 1. The van der Waals surface area contributed by atoms with E-state index in [2.05, 4.69) is 0 Å². The molecule has 176 valence electrons. The fourth-order valence-electron chi connectivity index (χ4n) is 5.18. The molecule has 2 aromatic rings. The Morgan fingerprint density at radius 2 is 1.56 bits per heavy atom. The van der Waals surface area contributed by atoms with E-state index in [1.807, 2.05) is 0 Å². The number of hydrogen-bond donors (Lipinski definition) is 0. The second-order valence-electron chi connectivity index (χ2n) is 9.03. The van der Waals surface area contributed by atoms with Crippen LogP contribution in [0.4, 0.5) is 11.4 Å². The van der Waals surface area contributed by atoms with Gasteiger partial charge in [-0.1, -0.05) is 18.9 Å². The molecular formula is C26H26N2O6. The molecule has 3 atom stereocenters. The Balaban J connectivity index is 1.27. The average Bonchev–Trinajstić information content (AvgIpc) is 3.37. The lowest BCUT2D eigenvalue weighted by Crippen LogP contribution is -2.31. The molecule has 0 unspecified atom stereocenters. The normalized spacial score (nSPS) is 24.4. The van der Waals surface area contributed by atoms with Gasteiger partial charge in [-0.05, 0) is 49.2 Å². The Labute approximate surface area is 197 Å². The van der Waals surface area contributed by atoms with E-state index in [0.29, 0.717) is 17.1 Å². The summed E-state index contributed by atoms with van der Waals surface area (Å²) in [6, 6.07) is 13.6. The van der Waals surface area contributed by atoms with Crippen molar-refractivity contribution < 1.29 is 28.7 Å². The SMILES string of the molecule is COc1ccc(N2C[C@H](C(=O)Oc3cccc(N4C(=O)[C@@H]5CCCC[C@H]5C4=O)c3)CC2=O)cc1. The van der Waals surface area contributed by atoms with Gasteiger partial charge in [-0.15, -0.1) is 0 Å². The molecule has 3 fully saturated rings. The maximum absolute atomic E-state index is 12.9. The number of fused-ring (bicyclic) bond motifs is 1. The van der Waals surface area contributed by atoms with E-state index < -0.39 is 11.9 Å². The van der Waals surface area contributed by atoms with Gasteiger partial charge in [0.25, 0.3) is 0 Å². The van der Waals surface area contributed by atoms with Crippen molar-refractivity contribution in [2.45, 2.75) is 32.1 Å². The Hall–Kier alpha value is -3.68. The molecule has 8 heteroatoms. The lowest BCUT2D eigenvalue weighted by atomic mass is 9.81. The molecule has 0 bridgehead atoms. The highest BCUT2D eigenvalue weighted by molar-refractivity contribution is 6.22. The van der Waals surface area contributed by atoms with Crippen LogP contribution in [0.15, 0.2) is 48.5 Å². The van der Waals surface area contributed by atoms with Crippen molar-refractivity contribution in [1.82, 2.24) is 0 Å². The highest BCUT2D eigenvalue weighted by atomic mass is 16.5. The Morgan fingerprint density at radius 3 is 2.21 bits per heavy atom. The van der Waals surface area contributed by atoms with Crippen molar-refractivity contribution in [1.29, 1.82) is 0 Å². The predicted molar refractivity (Wildman–Crippen MR) is 123 cm³/mol. The number of benzene rings is 2. The van der Waals surface area contributed by atoms with Crippen molar-refractivity contribution in [2.75, 3.05) is 23.5 Å². The average molecular weight is 463 g/mol. The largest absolute Gasteiger partial charge is 0.497 e. The third kappa shape index (κ3) is 3.93. The molecular weight excluding hydrogens is 436 g/mol. The number of methoxy groups -OCH3 is 1. The van der Waals surface area contributed by atoms with Crippen LogP contribution in [-0.2, 0) is 19.2 Å². The van der Waals surface area contributed by atoms with Crippen molar-refractivity contribution in [2.24, 2.45) is 17.8 Å². The van der Waals surface area contributed by atoms with Gasteiger partial charge in [0.1, 0.15) is 11.5 Å². The quantitative estimate of drug-likeness (QED) is 0.384. The van der Waals surface area contributed by atoms with Crippen LogP contribution in [0.2, 0.25) is 0 Å². The minimum atomic E-state index is -0.615. The highest BCUT2D eigenvalue weighted by Gasteiger charge is 2.48. The first-order chi connectivity index (χ1) is 16.5. The first-order valence-corrected chi connectivity index (χ1v) is 11.6. The molecule has 1 saturated carbocycles. The van der Waals surface area contributed by atoms with E-state index in [1.54, 1.807) is 60.5 Å². The summed E-state index contributed by atoms with van der Waals surface area (Å²) < 4.78 is 10.7. The number of carbonyl (C=O) groups excluding carboxylic acids is 4. The fourth-order valence-corrected chi connectivity index (χ4v) is 5.18. The molecule has 2 aliphatic heterocycles. The maximum atomic E-state index is 12.9. The van der Waals surface area contributed by atoms with Crippen molar-refractivity contribution in [3.05, 3.63) is 48.5 Å². The Kier molecular flexibility index (Phi) is 5.81. The van der Waals surface area contributed by atoms with Crippen LogP contribution >= 0.6 is 0 Å². The van der Waals surface area contributed by atoms with Gasteiger partial charge in [0, 0.05) is 24.7 Å². The van der Waals surface area contributed by atoms with Gasteiger partial charge in [-0.3, -0.25) is 19.2 Å². The number of nitrogens with zero attached hydrogens (tertiary/aromatic N) is 2. The lowest BCUT2D eigenvalue weighted by molar-refractivity contribution is -0.139. The van der Waals surface area contributed by atoms with Crippen LogP contribution in [0.3, 0.4) is 0 Å². The number of hydrogen-bond acceptors (Lipinski definition) is 6. The molecule has 2 saturated heterocycles. The summed E-state index contributed by atoms with van der Waals surface area (Å²) in [5.74, 6) is -1.21. The zero-order chi connectivity index (χ0) is 23.8. The summed E-state index contributed by atoms with van der Waals surface area (Å²) in [6.07, 6.45) is 3.44.